The molecule has 0 aliphatic carbocycles. The molecule has 43 heavy (non-hydrogen) atoms. The average Bonchev–Trinajstić information content (AvgIpc) is 2.98. The maximum atomic E-state index is 13.6. The zero-order chi connectivity index (χ0) is 29.8. The zero-order valence-corrected chi connectivity index (χ0v) is 23.6. The fourth-order valence-corrected chi connectivity index (χ4v) is 5.69. The first kappa shape index (κ1) is 28.0. The van der Waals surface area contributed by atoms with E-state index in [2.05, 4.69) is 10.3 Å². The van der Waals surface area contributed by atoms with Crippen molar-refractivity contribution in [3.63, 3.8) is 0 Å². The van der Waals surface area contributed by atoms with E-state index in [9.17, 15) is 18.8 Å². The van der Waals surface area contributed by atoms with Crippen LogP contribution in [0, 0.1) is 5.82 Å². The molecule has 6 rings (SSSR count). The van der Waals surface area contributed by atoms with Crippen molar-refractivity contribution >= 4 is 23.8 Å². The highest BCUT2D eigenvalue weighted by Crippen LogP contribution is 2.40. The molecule has 3 heterocycles. The molecule has 0 unspecified atom stereocenters. The number of carbonyl (C=O) groups excluding carboxylic acids is 3. The number of likely N-dealkylation sites (tertiary alicyclic amines) is 2. The summed E-state index contributed by atoms with van der Waals surface area (Å²) in [6.45, 7) is 2.01. The molecular formula is C35H31FN4O3. The number of halogens is 1. The van der Waals surface area contributed by atoms with E-state index in [-0.39, 0.29) is 29.1 Å². The van der Waals surface area contributed by atoms with Gasteiger partial charge in [-0.15, -0.1) is 0 Å². The minimum atomic E-state index is -0.320. The minimum Gasteiger partial charge on any atom is -0.348 e. The summed E-state index contributed by atoms with van der Waals surface area (Å²) in [4.78, 5) is 46.4. The van der Waals surface area contributed by atoms with E-state index in [4.69, 9.17) is 0 Å². The highest BCUT2D eigenvalue weighted by molar-refractivity contribution is 5.98. The number of rotatable bonds is 8. The van der Waals surface area contributed by atoms with Gasteiger partial charge in [-0.25, -0.2) is 4.39 Å². The third-order valence-electron chi connectivity index (χ3n) is 8.13. The highest BCUT2D eigenvalue weighted by atomic mass is 19.1. The molecule has 2 aliphatic heterocycles. The molecule has 3 aromatic carbocycles. The largest absolute Gasteiger partial charge is 0.348 e. The Morgan fingerprint density at radius 1 is 0.860 bits per heavy atom. The van der Waals surface area contributed by atoms with Gasteiger partial charge < -0.3 is 15.1 Å². The third-order valence-corrected chi connectivity index (χ3v) is 8.13. The van der Waals surface area contributed by atoms with Crippen LogP contribution < -0.4 is 5.32 Å². The number of hydrogen-bond donors (Lipinski definition) is 1. The van der Waals surface area contributed by atoms with Gasteiger partial charge in [-0.05, 0) is 83.6 Å². The van der Waals surface area contributed by atoms with Crippen LogP contribution in [-0.4, -0.2) is 57.7 Å². The Balaban J connectivity index is 1.01. The lowest BCUT2D eigenvalue weighted by Gasteiger charge is -2.62. The summed E-state index contributed by atoms with van der Waals surface area (Å²) in [5.41, 5.74) is 4.38. The predicted octanol–water partition coefficient (Wildman–Crippen LogP) is 4.88. The van der Waals surface area contributed by atoms with Crippen LogP contribution in [0.2, 0.25) is 0 Å². The second kappa shape index (κ2) is 12.0. The van der Waals surface area contributed by atoms with Crippen LogP contribution in [0.3, 0.4) is 0 Å². The molecule has 1 N–H and O–H groups in total. The van der Waals surface area contributed by atoms with E-state index >= 15 is 0 Å². The Hall–Kier alpha value is -5.11. The summed E-state index contributed by atoms with van der Waals surface area (Å²) in [5, 5.41) is 2.85. The monoisotopic (exact) mass is 574 g/mol. The Kier molecular flexibility index (Phi) is 7.83. The maximum absolute atomic E-state index is 13.6. The van der Waals surface area contributed by atoms with E-state index in [1.54, 1.807) is 47.6 Å². The number of aromatic nitrogens is 1. The first-order valence-corrected chi connectivity index (χ1v) is 14.3. The molecule has 216 valence electrons. The Labute approximate surface area is 249 Å². The lowest BCUT2D eigenvalue weighted by Crippen LogP contribution is -2.78. The summed E-state index contributed by atoms with van der Waals surface area (Å²) in [5.74, 6) is -0.604. The number of benzene rings is 3. The standard InChI is InChI=1S/C35H31FN4O3/c36-31-8-2-5-28(20-31)18-27-4-1-7-30(19-27)33(42)39-23-35(24-39)15-17-40(35)34(43)29-12-9-26(10-13-29)22-38-32(41)14-11-25-6-3-16-37-21-25/h1-14,16,19-21H,15,17-18,22-24H2,(H,38,41)/b14-11+. The second-order valence-corrected chi connectivity index (χ2v) is 11.1. The van der Waals surface area contributed by atoms with E-state index < -0.39 is 0 Å². The molecule has 1 aromatic heterocycles. The van der Waals surface area contributed by atoms with Gasteiger partial charge in [0.15, 0.2) is 0 Å². The summed E-state index contributed by atoms with van der Waals surface area (Å²) >= 11 is 0. The van der Waals surface area contributed by atoms with Gasteiger partial charge in [0.1, 0.15) is 5.82 Å². The molecule has 0 radical (unpaired) electrons. The molecule has 0 bridgehead atoms. The number of nitrogens with zero attached hydrogens (tertiary/aromatic N) is 3. The van der Waals surface area contributed by atoms with Gasteiger partial charge >= 0.3 is 0 Å². The molecule has 2 fully saturated rings. The van der Waals surface area contributed by atoms with Crippen LogP contribution in [-0.2, 0) is 17.8 Å². The van der Waals surface area contributed by atoms with Gasteiger partial charge in [-0.2, -0.15) is 0 Å². The van der Waals surface area contributed by atoms with E-state index in [1.807, 2.05) is 53.4 Å². The van der Waals surface area contributed by atoms with Crippen LogP contribution in [0.25, 0.3) is 6.08 Å². The molecule has 0 saturated carbocycles. The molecule has 1 spiro atoms. The van der Waals surface area contributed by atoms with E-state index in [0.717, 1.165) is 28.7 Å². The normalized spacial score (nSPS) is 15.2. The number of amides is 3. The van der Waals surface area contributed by atoms with Crippen LogP contribution >= 0.6 is 0 Å². The van der Waals surface area contributed by atoms with Crippen molar-refractivity contribution in [2.75, 3.05) is 19.6 Å². The Morgan fingerprint density at radius 2 is 1.63 bits per heavy atom. The summed E-state index contributed by atoms with van der Waals surface area (Å²) < 4.78 is 13.6. The SMILES string of the molecule is O=C(/C=C/c1cccnc1)NCc1ccc(C(=O)N2CCC23CN(C(=O)c2cccc(Cc4cccc(F)c4)c2)C3)cc1. The first-order chi connectivity index (χ1) is 20.9. The molecule has 3 amide bonds. The van der Waals surface area contributed by atoms with Crippen molar-refractivity contribution in [1.82, 2.24) is 20.1 Å². The fraction of sp³-hybridized carbons (Fsp3) is 0.200. The quantitative estimate of drug-likeness (QED) is 0.304. The van der Waals surface area contributed by atoms with Crippen molar-refractivity contribution in [2.24, 2.45) is 0 Å². The van der Waals surface area contributed by atoms with Gasteiger partial charge in [0.2, 0.25) is 5.91 Å². The van der Waals surface area contributed by atoms with Gasteiger partial charge in [0.25, 0.3) is 11.8 Å². The Bertz CT molecular complexity index is 1680. The highest BCUT2D eigenvalue weighted by Gasteiger charge is 2.56. The smallest absolute Gasteiger partial charge is 0.254 e. The zero-order valence-electron chi connectivity index (χ0n) is 23.6. The lowest BCUT2D eigenvalue weighted by atomic mass is 9.76. The van der Waals surface area contributed by atoms with Gasteiger partial charge in [-0.3, -0.25) is 19.4 Å². The molecule has 7 nitrogen and oxygen atoms in total. The van der Waals surface area contributed by atoms with Gasteiger partial charge in [0, 0.05) is 55.8 Å². The number of pyridine rings is 1. The molecule has 0 atom stereocenters. The summed E-state index contributed by atoms with van der Waals surface area (Å²) in [7, 11) is 0. The van der Waals surface area contributed by atoms with E-state index in [0.29, 0.717) is 43.7 Å². The van der Waals surface area contributed by atoms with Crippen LogP contribution in [0.15, 0.2) is 103 Å². The average molecular weight is 575 g/mol. The number of nitrogens with one attached hydrogen (secondary N) is 1. The predicted molar refractivity (Wildman–Crippen MR) is 161 cm³/mol. The summed E-state index contributed by atoms with van der Waals surface area (Å²) in [6.07, 6.45) is 7.93. The molecule has 2 aliphatic rings. The van der Waals surface area contributed by atoms with Crippen molar-refractivity contribution in [2.45, 2.75) is 24.9 Å². The molecule has 4 aromatic rings. The second-order valence-electron chi connectivity index (χ2n) is 11.1. The van der Waals surface area contributed by atoms with Gasteiger partial charge in [-0.1, -0.05) is 42.5 Å². The van der Waals surface area contributed by atoms with Crippen LogP contribution in [0.5, 0.6) is 0 Å². The van der Waals surface area contributed by atoms with Crippen LogP contribution in [0.1, 0.15) is 49.4 Å². The fourth-order valence-electron chi connectivity index (χ4n) is 5.69. The third kappa shape index (κ3) is 6.23. The van der Waals surface area contributed by atoms with Crippen LogP contribution in [0.4, 0.5) is 4.39 Å². The van der Waals surface area contributed by atoms with Crippen molar-refractivity contribution < 1.29 is 18.8 Å². The minimum absolute atomic E-state index is 0.0505. The number of hydrogen-bond acceptors (Lipinski definition) is 4. The molecular weight excluding hydrogens is 543 g/mol. The van der Waals surface area contributed by atoms with Gasteiger partial charge in [0.05, 0.1) is 5.54 Å². The van der Waals surface area contributed by atoms with Crippen molar-refractivity contribution in [3.8, 4) is 0 Å². The topological polar surface area (TPSA) is 82.6 Å². The number of carbonyl (C=O) groups is 3. The van der Waals surface area contributed by atoms with Crippen molar-refractivity contribution in [3.05, 3.63) is 143 Å². The maximum Gasteiger partial charge on any atom is 0.254 e. The Morgan fingerprint density at radius 3 is 2.33 bits per heavy atom. The molecule has 8 heteroatoms. The van der Waals surface area contributed by atoms with E-state index in [1.165, 1.54) is 18.2 Å². The molecule has 2 saturated heterocycles. The lowest BCUT2D eigenvalue weighted by molar-refractivity contribution is -0.116. The first-order valence-electron chi connectivity index (χ1n) is 14.3. The van der Waals surface area contributed by atoms with Crippen molar-refractivity contribution in [1.29, 1.82) is 0 Å². The summed E-state index contributed by atoms with van der Waals surface area (Å²) in [6, 6.07) is 24.9.